The van der Waals surface area contributed by atoms with Crippen molar-refractivity contribution in [3.63, 3.8) is 0 Å². The molecule has 0 unspecified atom stereocenters. The Hall–Kier alpha value is -3.68. The number of fused-ring (bicyclic) bond motifs is 1. The van der Waals surface area contributed by atoms with Gasteiger partial charge in [0.25, 0.3) is 0 Å². The van der Waals surface area contributed by atoms with Gasteiger partial charge in [-0.1, -0.05) is 12.1 Å². The second-order valence-corrected chi connectivity index (χ2v) is 6.17. The average Bonchev–Trinajstić information content (AvgIpc) is 2.74. The first-order chi connectivity index (χ1) is 13.7. The highest BCUT2D eigenvalue weighted by molar-refractivity contribution is 5.78. The Kier molecular flexibility index (Phi) is 5.01. The topological polar surface area (TPSA) is 104 Å². The van der Waals surface area contributed by atoms with Crippen molar-refractivity contribution in [2.45, 2.75) is 6.54 Å². The van der Waals surface area contributed by atoms with E-state index in [4.69, 9.17) is 19.9 Å². The second-order valence-electron chi connectivity index (χ2n) is 6.17. The van der Waals surface area contributed by atoms with Gasteiger partial charge < -0.3 is 30.6 Å². The van der Waals surface area contributed by atoms with Gasteiger partial charge in [-0.15, -0.1) is 0 Å². The summed E-state index contributed by atoms with van der Waals surface area (Å²) in [6.07, 6.45) is 1.47. The van der Waals surface area contributed by atoms with Crippen molar-refractivity contribution in [3.8, 4) is 17.2 Å². The normalized spacial score (nSPS) is 12.3. The number of nitrogens with zero attached hydrogens (tertiary/aromatic N) is 2. The van der Waals surface area contributed by atoms with Gasteiger partial charge in [0.15, 0.2) is 23.1 Å². The largest absolute Gasteiger partial charge is 0.497 e. The lowest BCUT2D eigenvalue weighted by atomic mass is 10.2. The number of hydrogen-bond acceptors (Lipinski definition) is 8. The molecule has 0 radical (unpaired) electrons. The molecule has 8 heteroatoms. The third-order valence-corrected chi connectivity index (χ3v) is 4.31. The lowest BCUT2D eigenvalue weighted by Gasteiger charge is -2.19. The van der Waals surface area contributed by atoms with Gasteiger partial charge in [0.1, 0.15) is 31.0 Å². The molecule has 4 N–H and O–H groups in total. The molecule has 4 rings (SSSR count). The quantitative estimate of drug-likeness (QED) is 0.600. The van der Waals surface area contributed by atoms with Gasteiger partial charge >= 0.3 is 0 Å². The number of hydrogen-bond donors (Lipinski definition) is 3. The first kappa shape index (κ1) is 17.7. The SMILES string of the molecule is COc1ccc(CNc2ncnc(Nc3ccc4c(c3)OCCO4)c2N)cc1. The minimum Gasteiger partial charge on any atom is -0.497 e. The number of methoxy groups -OCH3 is 1. The Bertz CT molecular complexity index is 963. The number of rotatable bonds is 6. The van der Waals surface area contributed by atoms with E-state index in [1.54, 1.807) is 7.11 Å². The van der Waals surface area contributed by atoms with Crippen LogP contribution in [0.15, 0.2) is 48.8 Å². The summed E-state index contributed by atoms with van der Waals surface area (Å²) in [5, 5.41) is 6.45. The fraction of sp³-hybridized carbons (Fsp3) is 0.200. The number of anilines is 4. The van der Waals surface area contributed by atoms with Crippen LogP contribution in [0, 0.1) is 0 Å². The molecule has 0 fully saturated rings. The molecule has 8 nitrogen and oxygen atoms in total. The maximum atomic E-state index is 6.25. The molecule has 0 bridgehead atoms. The average molecular weight is 379 g/mol. The number of nitrogen functional groups attached to an aromatic ring is 1. The fourth-order valence-corrected chi connectivity index (χ4v) is 2.82. The van der Waals surface area contributed by atoms with Crippen molar-refractivity contribution in [3.05, 3.63) is 54.4 Å². The van der Waals surface area contributed by atoms with Crippen LogP contribution in [0.4, 0.5) is 23.0 Å². The van der Waals surface area contributed by atoms with Gasteiger partial charge in [-0.25, -0.2) is 9.97 Å². The summed E-state index contributed by atoms with van der Waals surface area (Å²) in [6.45, 7) is 1.67. The highest BCUT2D eigenvalue weighted by atomic mass is 16.6. The summed E-state index contributed by atoms with van der Waals surface area (Å²) < 4.78 is 16.3. The molecule has 2 aromatic carbocycles. The molecule has 1 aliphatic rings. The number of benzene rings is 2. The van der Waals surface area contributed by atoms with E-state index in [1.807, 2.05) is 42.5 Å². The first-order valence-electron chi connectivity index (χ1n) is 8.87. The van der Waals surface area contributed by atoms with Crippen molar-refractivity contribution in [2.24, 2.45) is 0 Å². The van der Waals surface area contributed by atoms with Crippen LogP contribution in [0.1, 0.15) is 5.56 Å². The van der Waals surface area contributed by atoms with E-state index in [9.17, 15) is 0 Å². The number of ether oxygens (including phenoxy) is 3. The fourth-order valence-electron chi connectivity index (χ4n) is 2.82. The van der Waals surface area contributed by atoms with E-state index < -0.39 is 0 Å². The van der Waals surface area contributed by atoms with E-state index >= 15 is 0 Å². The molecular weight excluding hydrogens is 358 g/mol. The van der Waals surface area contributed by atoms with Crippen molar-refractivity contribution in [1.82, 2.24) is 9.97 Å². The zero-order valence-corrected chi connectivity index (χ0v) is 15.4. The molecule has 0 saturated carbocycles. The number of nitrogens with two attached hydrogens (primary N) is 1. The zero-order chi connectivity index (χ0) is 19.3. The minimum absolute atomic E-state index is 0.436. The lowest BCUT2D eigenvalue weighted by molar-refractivity contribution is 0.171. The van der Waals surface area contributed by atoms with Crippen LogP contribution in [0.5, 0.6) is 17.2 Å². The highest BCUT2D eigenvalue weighted by Gasteiger charge is 2.13. The maximum absolute atomic E-state index is 6.25. The van der Waals surface area contributed by atoms with Crippen LogP contribution in [0.2, 0.25) is 0 Å². The van der Waals surface area contributed by atoms with Crippen LogP contribution in [-0.2, 0) is 6.54 Å². The van der Waals surface area contributed by atoms with Gasteiger partial charge in [-0.3, -0.25) is 0 Å². The Morgan fingerprint density at radius 1 is 1.00 bits per heavy atom. The molecule has 0 amide bonds. The molecule has 3 aromatic rings. The molecule has 28 heavy (non-hydrogen) atoms. The lowest BCUT2D eigenvalue weighted by Crippen LogP contribution is -2.15. The summed E-state index contributed by atoms with van der Waals surface area (Å²) in [5.74, 6) is 3.32. The predicted octanol–water partition coefficient (Wildman–Crippen LogP) is 3.19. The molecular formula is C20H21N5O3. The molecule has 1 aliphatic heterocycles. The third-order valence-electron chi connectivity index (χ3n) is 4.31. The van der Waals surface area contributed by atoms with E-state index in [-0.39, 0.29) is 0 Å². The first-order valence-corrected chi connectivity index (χ1v) is 8.87. The van der Waals surface area contributed by atoms with E-state index in [2.05, 4.69) is 20.6 Å². The Balaban J connectivity index is 1.47. The van der Waals surface area contributed by atoms with Crippen LogP contribution in [0.25, 0.3) is 0 Å². The van der Waals surface area contributed by atoms with Gasteiger partial charge in [0.2, 0.25) is 0 Å². The van der Waals surface area contributed by atoms with E-state index in [0.717, 1.165) is 22.7 Å². The molecule has 1 aromatic heterocycles. The van der Waals surface area contributed by atoms with Gasteiger partial charge in [0, 0.05) is 18.3 Å². The Labute approximate surface area is 162 Å². The van der Waals surface area contributed by atoms with Crippen LogP contribution in [0.3, 0.4) is 0 Å². The van der Waals surface area contributed by atoms with Crippen molar-refractivity contribution in [2.75, 3.05) is 36.7 Å². The van der Waals surface area contributed by atoms with E-state index in [0.29, 0.717) is 42.8 Å². The zero-order valence-electron chi connectivity index (χ0n) is 15.4. The van der Waals surface area contributed by atoms with Gasteiger partial charge in [-0.05, 0) is 29.8 Å². The van der Waals surface area contributed by atoms with Crippen molar-refractivity contribution in [1.29, 1.82) is 0 Å². The summed E-state index contributed by atoms with van der Waals surface area (Å²) in [6, 6.07) is 13.4. The second kappa shape index (κ2) is 7.91. The standard InChI is InChI=1S/C20H21N5O3/c1-26-15-5-2-13(3-6-15)11-22-19-18(21)20(24-12-23-19)25-14-4-7-16-17(10-14)28-9-8-27-16/h2-7,10,12H,8-9,11,21H2,1H3,(H2,22,23,24,25). The molecule has 0 atom stereocenters. The Morgan fingerprint density at radius 3 is 2.54 bits per heavy atom. The molecule has 0 saturated heterocycles. The molecule has 144 valence electrons. The molecule has 0 spiro atoms. The monoisotopic (exact) mass is 379 g/mol. The van der Waals surface area contributed by atoms with Crippen LogP contribution >= 0.6 is 0 Å². The third kappa shape index (κ3) is 3.85. The molecule has 2 heterocycles. The van der Waals surface area contributed by atoms with Gasteiger partial charge in [-0.2, -0.15) is 0 Å². The minimum atomic E-state index is 0.436. The van der Waals surface area contributed by atoms with Crippen LogP contribution in [-0.4, -0.2) is 30.3 Å². The summed E-state index contributed by atoms with van der Waals surface area (Å²) in [5.41, 5.74) is 8.57. The predicted molar refractivity (Wildman–Crippen MR) is 107 cm³/mol. The molecule has 0 aliphatic carbocycles. The van der Waals surface area contributed by atoms with Gasteiger partial charge in [0.05, 0.1) is 7.11 Å². The summed E-state index contributed by atoms with van der Waals surface area (Å²) in [7, 11) is 1.64. The highest BCUT2D eigenvalue weighted by Crippen LogP contribution is 2.34. The van der Waals surface area contributed by atoms with Crippen LogP contribution < -0.4 is 30.6 Å². The van der Waals surface area contributed by atoms with Crippen molar-refractivity contribution >= 4 is 23.0 Å². The Morgan fingerprint density at radius 2 is 1.75 bits per heavy atom. The van der Waals surface area contributed by atoms with Crippen molar-refractivity contribution < 1.29 is 14.2 Å². The number of nitrogens with one attached hydrogen (secondary N) is 2. The smallest absolute Gasteiger partial charge is 0.163 e. The van der Waals surface area contributed by atoms with E-state index in [1.165, 1.54) is 6.33 Å². The number of aromatic nitrogens is 2. The summed E-state index contributed by atoms with van der Waals surface area (Å²) in [4.78, 5) is 8.49. The maximum Gasteiger partial charge on any atom is 0.163 e. The summed E-state index contributed by atoms with van der Waals surface area (Å²) >= 11 is 0.